The zero-order chi connectivity index (χ0) is 22.9. The smallest absolute Gasteiger partial charge is 0.331 e. The van der Waals surface area contributed by atoms with Crippen molar-refractivity contribution in [3.8, 4) is 0 Å². The molecule has 7 nitrogen and oxygen atoms in total. The highest BCUT2D eigenvalue weighted by Gasteiger charge is 2.37. The zero-order valence-electron chi connectivity index (χ0n) is 15.8. The lowest BCUT2D eigenvalue weighted by atomic mass is 10.2. The van der Waals surface area contributed by atoms with Crippen LogP contribution < -0.4 is 4.90 Å². The molecule has 2 amide bonds. The number of rotatable bonds is 3. The molecule has 0 radical (unpaired) electrons. The third kappa shape index (κ3) is 4.33. The Bertz CT molecular complexity index is 1180. The number of pyridine rings is 1. The van der Waals surface area contributed by atoms with E-state index in [0.717, 1.165) is 18.1 Å². The quantitative estimate of drug-likeness (QED) is 0.233. The minimum atomic E-state index is -2.18. The van der Waals surface area contributed by atoms with Gasteiger partial charge in [-0.1, -0.05) is 6.07 Å². The second-order valence-corrected chi connectivity index (χ2v) is 6.97. The van der Waals surface area contributed by atoms with Crippen molar-refractivity contribution in [2.45, 2.75) is 6.92 Å². The van der Waals surface area contributed by atoms with Gasteiger partial charge in [0.25, 0.3) is 11.8 Å². The summed E-state index contributed by atoms with van der Waals surface area (Å²) in [6, 6.07) is 4.75. The van der Waals surface area contributed by atoms with Crippen LogP contribution in [0.15, 0.2) is 40.2 Å². The number of methoxy groups -OCH3 is 1. The van der Waals surface area contributed by atoms with Crippen LogP contribution in [0.5, 0.6) is 0 Å². The monoisotopic (exact) mass is 453 g/mol. The van der Waals surface area contributed by atoms with E-state index in [-0.39, 0.29) is 22.0 Å². The summed E-state index contributed by atoms with van der Waals surface area (Å²) in [4.78, 5) is 45.1. The van der Waals surface area contributed by atoms with E-state index < -0.39 is 46.6 Å². The number of thioether (sulfide) groups is 1. The summed E-state index contributed by atoms with van der Waals surface area (Å²) in [5, 5.41) is -0.368. The Balaban J connectivity index is 2.11. The van der Waals surface area contributed by atoms with Crippen LogP contribution in [0.1, 0.15) is 16.1 Å². The number of nitrogens with zero attached hydrogens (tertiary/aromatic N) is 3. The molecule has 0 N–H and O–H groups in total. The zero-order valence-corrected chi connectivity index (χ0v) is 16.6. The molecule has 160 valence electrons. The van der Waals surface area contributed by atoms with Crippen molar-refractivity contribution in [3.05, 3.63) is 69.8 Å². The van der Waals surface area contributed by atoms with Crippen LogP contribution >= 0.6 is 11.8 Å². The number of halogens is 4. The lowest BCUT2D eigenvalue weighted by molar-refractivity contribution is -0.135. The first-order valence-electron chi connectivity index (χ1n) is 8.35. The summed E-state index contributed by atoms with van der Waals surface area (Å²) in [7, 11) is 1.09. The van der Waals surface area contributed by atoms with Gasteiger partial charge in [0.05, 0.1) is 17.6 Å². The van der Waals surface area contributed by atoms with Crippen molar-refractivity contribution < 1.29 is 36.7 Å². The third-order valence-corrected chi connectivity index (χ3v) is 4.86. The molecular weight excluding hydrogens is 442 g/mol. The van der Waals surface area contributed by atoms with Crippen molar-refractivity contribution in [1.29, 1.82) is 0 Å². The SMILES string of the molecule is COC(=O)C=C1SC(=NC(=O)c2cc(F)c(F)c(F)c2F)N(c2cccc(C)n2)C1=O. The van der Waals surface area contributed by atoms with Gasteiger partial charge in [-0.15, -0.1) is 0 Å². The average Bonchev–Trinajstić information content (AvgIpc) is 3.03. The number of carbonyl (C=O) groups is 3. The molecule has 1 aromatic heterocycles. The van der Waals surface area contributed by atoms with Crippen molar-refractivity contribution in [3.63, 3.8) is 0 Å². The van der Waals surface area contributed by atoms with E-state index in [4.69, 9.17) is 0 Å². The number of ether oxygens (including phenoxy) is 1. The number of carbonyl (C=O) groups excluding carboxylic acids is 3. The normalized spacial score (nSPS) is 16.3. The molecule has 1 saturated heterocycles. The summed E-state index contributed by atoms with van der Waals surface area (Å²) in [5.74, 6) is -11.1. The van der Waals surface area contributed by atoms with Crippen molar-refractivity contribution >= 4 is 40.5 Å². The predicted molar refractivity (Wildman–Crippen MR) is 102 cm³/mol. The molecule has 12 heteroatoms. The minimum absolute atomic E-state index is 0.0225. The first kappa shape index (κ1) is 22.2. The van der Waals surface area contributed by atoms with E-state index in [1.807, 2.05) is 0 Å². The van der Waals surface area contributed by atoms with Gasteiger partial charge in [0, 0.05) is 11.8 Å². The van der Waals surface area contributed by atoms with E-state index in [1.165, 1.54) is 6.07 Å². The van der Waals surface area contributed by atoms with Crippen molar-refractivity contribution in [1.82, 2.24) is 4.98 Å². The molecule has 0 atom stereocenters. The number of hydrogen-bond acceptors (Lipinski definition) is 6. The Labute approximate surface area is 176 Å². The molecule has 3 rings (SSSR count). The molecule has 2 aromatic rings. The second kappa shape index (κ2) is 8.68. The highest BCUT2D eigenvalue weighted by molar-refractivity contribution is 8.19. The lowest BCUT2D eigenvalue weighted by Gasteiger charge is -2.14. The molecule has 1 fully saturated rings. The number of aryl methyl sites for hydroxylation is 1. The van der Waals surface area contributed by atoms with Gasteiger partial charge in [-0.05, 0) is 36.9 Å². The fourth-order valence-corrected chi connectivity index (χ4v) is 3.37. The molecule has 1 aliphatic heterocycles. The van der Waals surface area contributed by atoms with E-state index in [0.29, 0.717) is 17.5 Å². The van der Waals surface area contributed by atoms with Crippen LogP contribution in [0, 0.1) is 30.2 Å². The fourth-order valence-electron chi connectivity index (χ4n) is 2.45. The molecule has 1 aliphatic rings. The van der Waals surface area contributed by atoms with Crippen LogP contribution in [0.2, 0.25) is 0 Å². The second-order valence-electron chi connectivity index (χ2n) is 5.96. The highest BCUT2D eigenvalue weighted by atomic mass is 32.2. The number of esters is 1. The molecule has 1 aromatic carbocycles. The molecule has 0 aliphatic carbocycles. The Morgan fingerprint density at radius 3 is 2.52 bits per heavy atom. The topological polar surface area (TPSA) is 88.9 Å². The molecule has 2 heterocycles. The van der Waals surface area contributed by atoms with Gasteiger partial charge in [0.1, 0.15) is 5.82 Å². The molecule has 31 heavy (non-hydrogen) atoms. The number of benzene rings is 1. The number of hydrogen-bond donors (Lipinski definition) is 0. The van der Waals surface area contributed by atoms with Gasteiger partial charge >= 0.3 is 5.97 Å². The number of aliphatic imine (C=N–C) groups is 1. The van der Waals surface area contributed by atoms with Crippen LogP contribution in [0.4, 0.5) is 23.4 Å². The number of amides is 2. The molecular formula is C19H11F4N3O4S. The predicted octanol–water partition coefficient (Wildman–Crippen LogP) is 3.28. The lowest BCUT2D eigenvalue weighted by Crippen LogP contribution is -2.30. The minimum Gasteiger partial charge on any atom is -0.466 e. The van der Waals surface area contributed by atoms with Crippen LogP contribution in [0.25, 0.3) is 0 Å². The summed E-state index contributed by atoms with van der Waals surface area (Å²) in [5.41, 5.74) is -0.681. The van der Waals surface area contributed by atoms with Crippen molar-refractivity contribution in [2.75, 3.05) is 12.0 Å². The van der Waals surface area contributed by atoms with Crippen LogP contribution in [0.3, 0.4) is 0 Å². The summed E-state index contributed by atoms with van der Waals surface area (Å²) >= 11 is 0.553. The maximum absolute atomic E-state index is 14.0. The average molecular weight is 453 g/mol. The summed E-state index contributed by atoms with van der Waals surface area (Å²) < 4.78 is 58.6. The Kier molecular flexibility index (Phi) is 6.20. The first-order chi connectivity index (χ1) is 14.6. The van der Waals surface area contributed by atoms with Gasteiger partial charge in [-0.25, -0.2) is 32.2 Å². The highest BCUT2D eigenvalue weighted by Crippen LogP contribution is 2.34. The number of amidine groups is 1. The Hall–Kier alpha value is -3.54. The number of anilines is 1. The van der Waals surface area contributed by atoms with E-state index in [1.54, 1.807) is 19.1 Å². The Morgan fingerprint density at radius 2 is 1.87 bits per heavy atom. The Morgan fingerprint density at radius 1 is 1.16 bits per heavy atom. The maximum atomic E-state index is 14.0. The first-order valence-corrected chi connectivity index (χ1v) is 9.17. The third-order valence-electron chi connectivity index (χ3n) is 3.89. The standard InChI is InChI=1S/C19H11F4N3O4S/c1-8-4-3-5-12(24-8)26-18(29)11(7-13(27)30-2)31-19(26)25-17(28)9-6-10(20)15(22)16(23)14(9)21/h3-7H,1-2H3. The summed E-state index contributed by atoms with van der Waals surface area (Å²) in [6.07, 6.45) is 0.848. The van der Waals surface area contributed by atoms with Gasteiger partial charge in [0.2, 0.25) is 0 Å². The van der Waals surface area contributed by atoms with E-state index in [2.05, 4.69) is 14.7 Å². The molecule has 0 spiro atoms. The van der Waals surface area contributed by atoms with Gasteiger partial charge < -0.3 is 4.74 Å². The van der Waals surface area contributed by atoms with Gasteiger partial charge in [-0.2, -0.15) is 4.99 Å². The van der Waals surface area contributed by atoms with Crippen molar-refractivity contribution in [2.24, 2.45) is 4.99 Å². The van der Waals surface area contributed by atoms with Gasteiger partial charge in [0.15, 0.2) is 28.4 Å². The molecule has 0 unspecified atom stereocenters. The van der Waals surface area contributed by atoms with E-state index in [9.17, 15) is 31.9 Å². The molecule has 0 bridgehead atoms. The number of aromatic nitrogens is 1. The molecule has 0 saturated carbocycles. The fraction of sp³-hybridized carbons (Fsp3) is 0.105. The van der Waals surface area contributed by atoms with Crippen LogP contribution in [-0.2, 0) is 14.3 Å². The van der Waals surface area contributed by atoms with Crippen LogP contribution in [-0.4, -0.2) is 35.0 Å². The maximum Gasteiger partial charge on any atom is 0.331 e. The van der Waals surface area contributed by atoms with E-state index >= 15 is 0 Å². The summed E-state index contributed by atoms with van der Waals surface area (Å²) in [6.45, 7) is 1.63. The largest absolute Gasteiger partial charge is 0.466 e. The van der Waals surface area contributed by atoms with Gasteiger partial charge in [-0.3, -0.25) is 9.59 Å².